The van der Waals surface area contributed by atoms with Gasteiger partial charge in [0.15, 0.2) is 5.78 Å². The molecule has 0 atom stereocenters. The maximum Gasteiger partial charge on any atom is 0.183 e. The molecule has 1 saturated heterocycles. The van der Waals surface area contributed by atoms with Crippen molar-refractivity contribution in [3.05, 3.63) is 17.0 Å². The molecule has 1 aliphatic carbocycles. The van der Waals surface area contributed by atoms with Crippen molar-refractivity contribution in [2.45, 2.75) is 52.5 Å². The molecule has 1 fully saturated rings. The van der Waals surface area contributed by atoms with Gasteiger partial charge in [-0.15, -0.1) is 0 Å². The summed E-state index contributed by atoms with van der Waals surface area (Å²) in [6.07, 6.45) is 4.00. The van der Waals surface area contributed by atoms with Crippen molar-refractivity contribution >= 4 is 5.78 Å². The molecule has 1 spiro atoms. The lowest BCUT2D eigenvalue weighted by molar-refractivity contribution is 0.0591. The van der Waals surface area contributed by atoms with E-state index in [1.165, 1.54) is 5.56 Å². The van der Waals surface area contributed by atoms with Crippen LogP contribution >= 0.6 is 0 Å². The van der Waals surface area contributed by atoms with Gasteiger partial charge in [0.1, 0.15) is 5.69 Å². The van der Waals surface area contributed by atoms with Crippen LogP contribution in [-0.2, 0) is 6.42 Å². The average Bonchev–Trinajstić information content (AvgIpc) is 2.72. The first-order valence-corrected chi connectivity index (χ1v) is 7.32. The zero-order chi connectivity index (χ0) is 13.6. The first kappa shape index (κ1) is 12.9. The number of hydrogen-bond acceptors (Lipinski definition) is 3. The van der Waals surface area contributed by atoms with Crippen LogP contribution in [0.15, 0.2) is 0 Å². The fourth-order valence-electron chi connectivity index (χ4n) is 3.63. The molecule has 0 amide bonds. The predicted molar refractivity (Wildman–Crippen MR) is 74.4 cm³/mol. The molecular formula is C15H23N3O. The number of Topliss-reactive ketones (excluding diaryl/α,β-unsaturated/α-hetero) is 1. The molecule has 0 bridgehead atoms. The molecule has 1 N–H and O–H groups in total. The molecule has 4 nitrogen and oxygen atoms in total. The lowest BCUT2D eigenvalue weighted by atomic mass is 9.66. The molecule has 2 heterocycles. The second-order valence-corrected chi connectivity index (χ2v) is 6.58. The minimum atomic E-state index is 0.199. The summed E-state index contributed by atoms with van der Waals surface area (Å²) in [7, 11) is 0. The van der Waals surface area contributed by atoms with Crippen molar-refractivity contribution in [1.29, 1.82) is 0 Å². The first-order valence-electron chi connectivity index (χ1n) is 7.32. The Kier molecular flexibility index (Phi) is 3.01. The lowest BCUT2D eigenvalue weighted by Crippen LogP contribution is -2.46. The zero-order valence-electron chi connectivity index (χ0n) is 12.1. The number of nitrogens with one attached hydrogen (secondary N) is 1. The van der Waals surface area contributed by atoms with Gasteiger partial charge in [0.25, 0.3) is 0 Å². The van der Waals surface area contributed by atoms with E-state index in [0.29, 0.717) is 18.2 Å². The maximum atomic E-state index is 12.3. The maximum absolute atomic E-state index is 12.3. The molecule has 104 valence electrons. The third-order valence-corrected chi connectivity index (χ3v) is 5.01. The number of H-pyrrole nitrogens is 1. The van der Waals surface area contributed by atoms with Crippen LogP contribution in [0.3, 0.4) is 0 Å². The van der Waals surface area contributed by atoms with Crippen LogP contribution in [-0.4, -0.2) is 40.0 Å². The third kappa shape index (κ3) is 2.12. The van der Waals surface area contributed by atoms with E-state index in [9.17, 15) is 4.79 Å². The van der Waals surface area contributed by atoms with Gasteiger partial charge in [-0.1, -0.05) is 0 Å². The highest BCUT2D eigenvalue weighted by Crippen LogP contribution is 2.43. The van der Waals surface area contributed by atoms with E-state index in [1.807, 2.05) is 6.92 Å². The number of hydrogen-bond donors (Lipinski definition) is 1. The summed E-state index contributed by atoms with van der Waals surface area (Å²) in [4.78, 5) is 14.8. The third-order valence-electron chi connectivity index (χ3n) is 5.01. The summed E-state index contributed by atoms with van der Waals surface area (Å²) in [6, 6.07) is 0.614. The highest BCUT2D eigenvalue weighted by atomic mass is 16.1. The van der Waals surface area contributed by atoms with Crippen LogP contribution in [0.1, 0.15) is 54.9 Å². The number of piperidine rings is 1. The fraction of sp³-hybridized carbons (Fsp3) is 0.733. The lowest BCUT2D eigenvalue weighted by Gasteiger charge is -2.44. The largest absolute Gasteiger partial charge is 0.301 e. The van der Waals surface area contributed by atoms with Crippen molar-refractivity contribution in [2.24, 2.45) is 5.41 Å². The number of rotatable bonds is 1. The van der Waals surface area contributed by atoms with Crippen LogP contribution in [0.4, 0.5) is 0 Å². The van der Waals surface area contributed by atoms with Gasteiger partial charge in [-0.25, -0.2) is 0 Å². The Labute approximate surface area is 114 Å². The molecule has 2 aliphatic rings. The molecule has 1 aliphatic heterocycles. The molecule has 0 aromatic carbocycles. The van der Waals surface area contributed by atoms with Gasteiger partial charge >= 0.3 is 0 Å². The summed E-state index contributed by atoms with van der Waals surface area (Å²) >= 11 is 0. The summed E-state index contributed by atoms with van der Waals surface area (Å²) in [6.45, 7) is 8.78. The monoisotopic (exact) mass is 261 g/mol. The number of aryl methyl sites for hydroxylation is 1. The fourth-order valence-corrected chi connectivity index (χ4v) is 3.63. The van der Waals surface area contributed by atoms with Crippen molar-refractivity contribution in [2.75, 3.05) is 13.1 Å². The zero-order valence-corrected chi connectivity index (χ0v) is 12.1. The highest BCUT2D eigenvalue weighted by Gasteiger charge is 2.42. The van der Waals surface area contributed by atoms with Crippen molar-refractivity contribution in [1.82, 2.24) is 15.1 Å². The molecular weight excluding hydrogens is 238 g/mol. The molecule has 4 heteroatoms. The number of aromatic nitrogens is 2. The van der Waals surface area contributed by atoms with Crippen LogP contribution in [0, 0.1) is 12.3 Å². The van der Waals surface area contributed by atoms with Gasteiger partial charge in [0, 0.05) is 23.7 Å². The summed E-state index contributed by atoms with van der Waals surface area (Å²) in [5, 5.41) is 7.15. The number of ketones is 1. The standard InChI is InChI=1S/C15H23N3O/c1-10(2)18-6-4-15(5-7-18)8-12-11(3)16-17-14(12)13(19)9-15/h10H,4-9H2,1-3H3,(H,16,17). The SMILES string of the molecule is Cc1[nH]nc2c1CC1(CCN(C(C)C)CC1)CC2=O. The number of carbonyl (C=O) groups excluding carboxylic acids is 1. The molecule has 0 radical (unpaired) electrons. The Hall–Kier alpha value is -1.16. The van der Waals surface area contributed by atoms with Crippen molar-refractivity contribution in [3.63, 3.8) is 0 Å². The summed E-state index contributed by atoms with van der Waals surface area (Å²) < 4.78 is 0. The molecule has 1 aromatic heterocycles. The number of carbonyl (C=O) groups is 1. The number of aromatic amines is 1. The highest BCUT2D eigenvalue weighted by molar-refractivity contribution is 5.97. The Bertz CT molecular complexity index is 495. The van der Waals surface area contributed by atoms with Gasteiger partial charge < -0.3 is 4.90 Å². The Morgan fingerprint density at radius 3 is 2.58 bits per heavy atom. The van der Waals surface area contributed by atoms with Gasteiger partial charge in [-0.3, -0.25) is 9.89 Å². The topological polar surface area (TPSA) is 49.0 Å². The summed E-state index contributed by atoms with van der Waals surface area (Å²) in [5.74, 6) is 0.239. The predicted octanol–water partition coefficient (Wildman–Crippen LogP) is 2.34. The second kappa shape index (κ2) is 4.44. The van der Waals surface area contributed by atoms with Crippen molar-refractivity contribution < 1.29 is 4.79 Å². The van der Waals surface area contributed by atoms with E-state index in [2.05, 4.69) is 28.9 Å². The molecule has 0 saturated carbocycles. The normalized spacial score (nSPS) is 23.1. The quantitative estimate of drug-likeness (QED) is 0.844. The van der Waals surface area contributed by atoms with Crippen molar-refractivity contribution in [3.8, 4) is 0 Å². The first-order chi connectivity index (χ1) is 9.01. The number of fused-ring (bicyclic) bond motifs is 1. The van der Waals surface area contributed by atoms with E-state index < -0.39 is 0 Å². The minimum Gasteiger partial charge on any atom is -0.301 e. The van der Waals surface area contributed by atoms with E-state index in [0.717, 1.165) is 38.0 Å². The smallest absolute Gasteiger partial charge is 0.183 e. The van der Waals surface area contributed by atoms with Gasteiger partial charge in [-0.2, -0.15) is 5.10 Å². The van der Waals surface area contributed by atoms with Gasteiger partial charge in [-0.05, 0) is 58.5 Å². The Morgan fingerprint density at radius 2 is 1.95 bits per heavy atom. The number of likely N-dealkylation sites (tertiary alicyclic amines) is 1. The van der Waals surface area contributed by atoms with Gasteiger partial charge in [0.05, 0.1) is 0 Å². The minimum absolute atomic E-state index is 0.199. The number of nitrogens with zero attached hydrogens (tertiary/aromatic N) is 2. The van der Waals surface area contributed by atoms with E-state index in [1.54, 1.807) is 0 Å². The van der Waals surface area contributed by atoms with E-state index in [4.69, 9.17) is 0 Å². The average molecular weight is 261 g/mol. The molecule has 1 aromatic rings. The molecule has 0 unspecified atom stereocenters. The Balaban J connectivity index is 1.81. The van der Waals surface area contributed by atoms with E-state index >= 15 is 0 Å². The Morgan fingerprint density at radius 1 is 1.26 bits per heavy atom. The molecule has 3 rings (SSSR count). The molecule has 19 heavy (non-hydrogen) atoms. The summed E-state index contributed by atoms with van der Waals surface area (Å²) in [5.41, 5.74) is 3.15. The van der Waals surface area contributed by atoms with Crippen LogP contribution in [0.2, 0.25) is 0 Å². The van der Waals surface area contributed by atoms with Crippen LogP contribution < -0.4 is 0 Å². The van der Waals surface area contributed by atoms with Crippen LogP contribution in [0.25, 0.3) is 0 Å². The van der Waals surface area contributed by atoms with Crippen LogP contribution in [0.5, 0.6) is 0 Å². The van der Waals surface area contributed by atoms with Gasteiger partial charge in [0.2, 0.25) is 0 Å². The van der Waals surface area contributed by atoms with E-state index in [-0.39, 0.29) is 11.2 Å². The second-order valence-electron chi connectivity index (χ2n) is 6.58.